The molecule has 0 amide bonds. The van der Waals surface area contributed by atoms with Crippen LogP contribution >= 0.6 is 0 Å². The van der Waals surface area contributed by atoms with Crippen LogP contribution in [0.3, 0.4) is 0 Å². The van der Waals surface area contributed by atoms with Gasteiger partial charge in [0.2, 0.25) is 0 Å². The van der Waals surface area contributed by atoms with Gasteiger partial charge in [-0.2, -0.15) is 0 Å². The lowest BCUT2D eigenvalue weighted by atomic mass is 10.1. The molecule has 1 aliphatic heterocycles. The Bertz CT molecular complexity index is 166. The molecule has 0 spiro atoms. The van der Waals surface area contributed by atoms with Crippen LogP contribution in [0.25, 0.3) is 0 Å². The second-order valence-electron chi connectivity index (χ2n) is 4.02. The molecule has 14 heavy (non-hydrogen) atoms. The highest BCUT2D eigenvalue weighted by atomic mass is 15.2. The van der Waals surface area contributed by atoms with Gasteiger partial charge >= 0.3 is 0 Å². The summed E-state index contributed by atoms with van der Waals surface area (Å²) in [5.41, 5.74) is 0. The lowest BCUT2D eigenvalue weighted by molar-refractivity contribution is 0.269. The van der Waals surface area contributed by atoms with Crippen LogP contribution in [-0.4, -0.2) is 37.6 Å². The van der Waals surface area contributed by atoms with Crippen molar-refractivity contribution >= 4 is 0 Å². The van der Waals surface area contributed by atoms with Gasteiger partial charge in [0, 0.05) is 6.04 Å². The summed E-state index contributed by atoms with van der Waals surface area (Å²) in [5.74, 6) is 0. The molecule has 0 aromatic carbocycles. The molecule has 0 bridgehead atoms. The Morgan fingerprint density at radius 3 is 3.00 bits per heavy atom. The fourth-order valence-electron chi connectivity index (χ4n) is 2.18. The lowest BCUT2D eigenvalue weighted by Crippen LogP contribution is -2.28. The van der Waals surface area contributed by atoms with Gasteiger partial charge in [-0.1, -0.05) is 19.1 Å². The SMILES string of the molecule is CCN1CCCC1C/C=C\CCNC. The summed E-state index contributed by atoms with van der Waals surface area (Å²) in [6.07, 6.45) is 9.86. The minimum Gasteiger partial charge on any atom is -0.319 e. The van der Waals surface area contributed by atoms with Crippen LogP contribution in [0.5, 0.6) is 0 Å². The summed E-state index contributed by atoms with van der Waals surface area (Å²) in [6.45, 7) is 5.89. The Hall–Kier alpha value is -0.340. The van der Waals surface area contributed by atoms with E-state index in [2.05, 4.69) is 29.3 Å². The molecule has 0 aromatic heterocycles. The van der Waals surface area contributed by atoms with Crippen LogP contribution in [0.15, 0.2) is 12.2 Å². The van der Waals surface area contributed by atoms with Crippen molar-refractivity contribution in [2.45, 2.75) is 38.6 Å². The van der Waals surface area contributed by atoms with Crippen molar-refractivity contribution in [1.29, 1.82) is 0 Å². The fourth-order valence-corrected chi connectivity index (χ4v) is 2.18. The third kappa shape index (κ3) is 3.81. The largest absolute Gasteiger partial charge is 0.319 e. The van der Waals surface area contributed by atoms with Crippen LogP contribution in [0.4, 0.5) is 0 Å². The fraction of sp³-hybridized carbons (Fsp3) is 0.833. The van der Waals surface area contributed by atoms with Crippen LogP contribution < -0.4 is 5.32 Å². The molecule has 1 N–H and O–H groups in total. The Labute approximate surface area is 88.4 Å². The molecular formula is C12H24N2. The standard InChI is InChI=1S/C12H24N2/c1-3-14-11-7-9-12(14)8-5-4-6-10-13-2/h4-5,12-13H,3,6-11H2,1-2H3/b5-4-. The molecule has 1 rings (SSSR count). The van der Waals surface area contributed by atoms with Crippen molar-refractivity contribution in [1.82, 2.24) is 10.2 Å². The maximum absolute atomic E-state index is 3.15. The third-order valence-electron chi connectivity index (χ3n) is 3.04. The normalized spacial score (nSPS) is 23.7. The molecule has 82 valence electrons. The summed E-state index contributed by atoms with van der Waals surface area (Å²) in [5, 5.41) is 3.15. The van der Waals surface area contributed by atoms with Gasteiger partial charge in [-0.25, -0.2) is 0 Å². The average Bonchev–Trinajstić information content (AvgIpc) is 2.65. The van der Waals surface area contributed by atoms with E-state index in [0.29, 0.717) is 0 Å². The Morgan fingerprint density at radius 1 is 1.43 bits per heavy atom. The smallest absolute Gasteiger partial charge is 0.0130 e. The van der Waals surface area contributed by atoms with Gasteiger partial charge in [0.15, 0.2) is 0 Å². The molecule has 1 fully saturated rings. The molecule has 0 radical (unpaired) electrons. The van der Waals surface area contributed by atoms with E-state index in [4.69, 9.17) is 0 Å². The average molecular weight is 196 g/mol. The number of rotatable bonds is 6. The zero-order valence-electron chi connectivity index (χ0n) is 9.63. The molecule has 1 unspecified atom stereocenters. The highest BCUT2D eigenvalue weighted by molar-refractivity contribution is 4.90. The van der Waals surface area contributed by atoms with E-state index in [0.717, 1.165) is 19.0 Å². The van der Waals surface area contributed by atoms with Crippen molar-refractivity contribution in [3.63, 3.8) is 0 Å². The Balaban J connectivity index is 2.13. The molecule has 1 atom stereocenters. The lowest BCUT2D eigenvalue weighted by Gasteiger charge is -2.21. The zero-order valence-corrected chi connectivity index (χ0v) is 9.63. The van der Waals surface area contributed by atoms with Crippen molar-refractivity contribution in [3.05, 3.63) is 12.2 Å². The molecule has 0 aliphatic carbocycles. The monoisotopic (exact) mass is 196 g/mol. The molecule has 2 heteroatoms. The van der Waals surface area contributed by atoms with E-state index in [1.165, 1.54) is 32.4 Å². The van der Waals surface area contributed by atoms with E-state index in [9.17, 15) is 0 Å². The summed E-state index contributed by atoms with van der Waals surface area (Å²) in [7, 11) is 2.00. The van der Waals surface area contributed by atoms with E-state index in [-0.39, 0.29) is 0 Å². The van der Waals surface area contributed by atoms with Gasteiger partial charge < -0.3 is 10.2 Å². The molecular weight excluding hydrogens is 172 g/mol. The third-order valence-corrected chi connectivity index (χ3v) is 3.04. The van der Waals surface area contributed by atoms with Crippen LogP contribution in [0, 0.1) is 0 Å². The number of likely N-dealkylation sites (tertiary alicyclic amines) is 1. The van der Waals surface area contributed by atoms with Crippen LogP contribution in [0.2, 0.25) is 0 Å². The van der Waals surface area contributed by atoms with Crippen LogP contribution in [-0.2, 0) is 0 Å². The first-order valence-corrected chi connectivity index (χ1v) is 5.92. The molecule has 1 aliphatic rings. The van der Waals surface area contributed by atoms with Gasteiger partial charge in [0.1, 0.15) is 0 Å². The minimum absolute atomic E-state index is 0.825. The summed E-state index contributed by atoms with van der Waals surface area (Å²) < 4.78 is 0. The topological polar surface area (TPSA) is 15.3 Å². The first-order valence-electron chi connectivity index (χ1n) is 5.92. The van der Waals surface area contributed by atoms with Gasteiger partial charge in [0.05, 0.1) is 0 Å². The second-order valence-corrected chi connectivity index (χ2v) is 4.02. The Kier molecular flexibility index (Phi) is 5.88. The molecule has 0 saturated carbocycles. The number of hydrogen-bond donors (Lipinski definition) is 1. The van der Waals surface area contributed by atoms with Crippen molar-refractivity contribution in [2.75, 3.05) is 26.7 Å². The summed E-state index contributed by atoms with van der Waals surface area (Å²) >= 11 is 0. The van der Waals surface area contributed by atoms with E-state index < -0.39 is 0 Å². The first kappa shape index (κ1) is 11.7. The van der Waals surface area contributed by atoms with Gasteiger partial charge in [-0.15, -0.1) is 0 Å². The van der Waals surface area contributed by atoms with Crippen molar-refractivity contribution in [3.8, 4) is 0 Å². The van der Waals surface area contributed by atoms with Gasteiger partial charge in [0.25, 0.3) is 0 Å². The summed E-state index contributed by atoms with van der Waals surface area (Å²) in [6, 6.07) is 0.825. The summed E-state index contributed by atoms with van der Waals surface area (Å²) in [4.78, 5) is 2.60. The number of nitrogens with zero attached hydrogens (tertiary/aromatic N) is 1. The molecule has 1 heterocycles. The first-order chi connectivity index (χ1) is 6.88. The minimum atomic E-state index is 0.825. The molecule has 2 nitrogen and oxygen atoms in total. The molecule has 1 saturated heterocycles. The van der Waals surface area contributed by atoms with Crippen LogP contribution in [0.1, 0.15) is 32.6 Å². The Morgan fingerprint density at radius 2 is 2.29 bits per heavy atom. The highest BCUT2D eigenvalue weighted by Gasteiger charge is 2.20. The number of nitrogens with one attached hydrogen (secondary N) is 1. The van der Waals surface area contributed by atoms with E-state index >= 15 is 0 Å². The van der Waals surface area contributed by atoms with Crippen molar-refractivity contribution < 1.29 is 0 Å². The van der Waals surface area contributed by atoms with E-state index in [1.54, 1.807) is 0 Å². The predicted molar refractivity (Wildman–Crippen MR) is 62.6 cm³/mol. The zero-order chi connectivity index (χ0) is 10.2. The predicted octanol–water partition coefficient (Wildman–Crippen LogP) is 2.03. The highest BCUT2D eigenvalue weighted by Crippen LogP contribution is 2.19. The second kappa shape index (κ2) is 7.02. The quantitative estimate of drug-likeness (QED) is 0.516. The number of hydrogen-bond acceptors (Lipinski definition) is 2. The maximum atomic E-state index is 3.15. The van der Waals surface area contributed by atoms with Gasteiger partial charge in [-0.05, 0) is 52.4 Å². The van der Waals surface area contributed by atoms with Gasteiger partial charge in [-0.3, -0.25) is 0 Å². The van der Waals surface area contributed by atoms with Crippen molar-refractivity contribution in [2.24, 2.45) is 0 Å². The molecule has 0 aromatic rings. The van der Waals surface area contributed by atoms with E-state index in [1.807, 2.05) is 7.05 Å². The maximum Gasteiger partial charge on any atom is 0.0130 e.